The normalized spacial score (nSPS) is 11.8. The summed E-state index contributed by atoms with van der Waals surface area (Å²) >= 11 is 6.71. The highest BCUT2D eigenvalue weighted by molar-refractivity contribution is 6.30. The first-order chi connectivity index (χ1) is 15.8. The summed E-state index contributed by atoms with van der Waals surface area (Å²) in [7, 11) is 0. The van der Waals surface area contributed by atoms with E-state index in [1.54, 1.807) is 10.8 Å². The molecule has 3 heterocycles. The molecule has 4 rings (SSSR count). The van der Waals surface area contributed by atoms with Crippen LogP contribution in [0.25, 0.3) is 22.6 Å². The fourth-order valence-electron chi connectivity index (χ4n) is 3.94. The highest BCUT2D eigenvalue weighted by Crippen LogP contribution is 2.29. The maximum absolute atomic E-state index is 13.3. The van der Waals surface area contributed by atoms with Crippen molar-refractivity contribution in [2.24, 2.45) is 0 Å². The number of nitrogens with zero attached hydrogens (tertiary/aromatic N) is 6. The maximum atomic E-state index is 13.3. The monoisotopic (exact) mass is 465 g/mol. The number of aromatic nitrogens is 7. The zero-order chi connectivity index (χ0) is 23.6. The summed E-state index contributed by atoms with van der Waals surface area (Å²) in [6, 6.07) is 12.0. The number of hydrogen-bond acceptors (Lipinski definition) is 5. The number of unbranched alkanes of at least 4 members (excludes halogenated alkanes) is 1. The van der Waals surface area contributed by atoms with Gasteiger partial charge < -0.3 is 0 Å². The van der Waals surface area contributed by atoms with Crippen LogP contribution in [0, 0.1) is 0 Å². The molecule has 8 nitrogen and oxygen atoms in total. The second-order valence-corrected chi connectivity index (χ2v) is 9.41. The van der Waals surface area contributed by atoms with Gasteiger partial charge >= 0.3 is 5.69 Å². The summed E-state index contributed by atoms with van der Waals surface area (Å²) in [6.07, 6.45) is 4.49. The van der Waals surface area contributed by atoms with Gasteiger partial charge in [0.2, 0.25) is 5.82 Å². The third-order valence-electron chi connectivity index (χ3n) is 5.59. The van der Waals surface area contributed by atoms with Crippen molar-refractivity contribution in [2.45, 2.75) is 59.0 Å². The van der Waals surface area contributed by atoms with Gasteiger partial charge in [0, 0.05) is 17.3 Å². The van der Waals surface area contributed by atoms with Crippen LogP contribution in [0.3, 0.4) is 0 Å². The lowest BCUT2D eigenvalue weighted by molar-refractivity contribution is 0.380. The lowest BCUT2D eigenvalue weighted by Gasteiger charge is -2.20. The zero-order valence-electron chi connectivity index (χ0n) is 19.3. The number of halogens is 1. The van der Waals surface area contributed by atoms with Crippen LogP contribution in [0.5, 0.6) is 0 Å². The molecule has 1 aromatic carbocycles. The van der Waals surface area contributed by atoms with Crippen molar-refractivity contribution >= 4 is 11.6 Å². The SMILES string of the molecule is CCCCc1c(Cl)n(C(C)(C)C)c(=O)n1Cc1ccc(-c2cccnc2-c2nn[nH]n2)cc1. The minimum absolute atomic E-state index is 0.0747. The summed E-state index contributed by atoms with van der Waals surface area (Å²) in [5.41, 5.74) is 4.00. The van der Waals surface area contributed by atoms with Gasteiger partial charge in [-0.25, -0.2) is 4.79 Å². The fraction of sp³-hybridized carbons (Fsp3) is 0.375. The van der Waals surface area contributed by atoms with Crippen molar-refractivity contribution in [1.29, 1.82) is 0 Å². The van der Waals surface area contributed by atoms with Crippen LogP contribution in [-0.4, -0.2) is 34.7 Å². The van der Waals surface area contributed by atoms with Crippen LogP contribution in [0.4, 0.5) is 0 Å². The number of tetrazole rings is 1. The first-order valence-corrected chi connectivity index (χ1v) is 11.5. The second kappa shape index (κ2) is 9.31. The van der Waals surface area contributed by atoms with Gasteiger partial charge in [0.25, 0.3) is 0 Å². The molecule has 172 valence electrons. The van der Waals surface area contributed by atoms with Gasteiger partial charge in [-0.2, -0.15) is 5.21 Å². The average molecular weight is 466 g/mol. The molecule has 0 atom stereocenters. The van der Waals surface area contributed by atoms with Crippen molar-refractivity contribution in [3.05, 3.63) is 69.5 Å². The number of rotatable bonds is 7. The van der Waals surface area contributed by atoms with E-state index in [0.29, 0.717) is 23.2 Å². The van der Waals surface area contributed by atoms with Crippen molar-refractivity contribution in [2.75, 3.05) is 0 Å². The molecule has 9 heteroatoms. The molecule has 0 saturated heterocycles. The number of H-pyrrole nitrogens is 1. The molecule has 4 aromatic rings. The quantitative estimate of drug-likeness (QED) is 0.427. The third kappa shape index (κ3) is 4.61. The minimum atomic E-state index is -0.393. The van der Waals surface area contributed by atoms with E-state index < -0.39 is 5.54 Å². The maximum Gasteiger partial charge on any atom is 0.330 e. The molecule has 0 fully saturated rings. The van der Waals surface area contributed by atoms with Crippen molar-refractivity contribution in [3.8, 4) is 22.6 Å². The van der Waals surface area contributed by atoms with Crippen LogP contribution in [0.2, 0.25) is 5.15 Å². The van der Waals surface area contributed by atoms with E-state index in [0.717, 1.165) is 41.6 Å². The van der Waals surface area contributed by atoms with Gasteiger partial charge in [-0.05, 0) is 56.0 Å². The Kier molecular flexibility index (Phi) is 6.47. The number of pyridine rings is 1. The Bertz CT molecular complexity index is 1280. The third-order valence-corrected chi connectivity index (χ3v) is 5.98. The molecule has 0 aliphatic carbocycles. The Balaban J connectivity index is 1.68. The fourth-order valence-corrected chi connectivity index (χ4v) is 4.46. The molecule has 3 aromatic heterocycles. The molecule has 0 spiro atoms. The van der Waals surface area contributed by atoms with Gasteiger partial charge in [-0.3, -0.25) is 14.1 Å². The van der Waals surface area contributed by atoms with Gasteiger partial charge in [-0.1, -0.05) is 55.3 Å². The molecule has 1 N–H and O–H groups in total. The van der Waals surface area contributed by atoms with Crippen LogP contribution in [0.15, 0.2) is 47.4 Å². The van der Waals surface area contributed by atoms with Crippen LogP contribution >= 0.6 is 11.6 Å². The molecule has 0 saturated carbocycles. The first kappa shape index (κ1) is 22.9. The zero-order valence-corrected chi connectivity index (χ0v) is 20.1. The predicted octanol–water partition coefficient (Wildman–Crippen LogP) is 4.69. The van der Waals surface area contributed by atoms with E-state index in [2.05, 4.69) is 32.5 Å². The number of hydrogen-bond donors (Lipinski definition) is 1. The van der Waals surface area contributed by atoms with Crippen molar-refractivity contribution in [3.63, 3.8) is 0 Å². The van der Waals surface area contributed by atoms with E-state index in [1.165, 1.54) is 0 Å². The van der Waals surface area contributed by atoms with Crippen LogP contribution in [0.1, 0.15) is 51.8 Å². The second-order valence-electron chi connectivity index (χ2n) is 9.05. The van der Waals surface area contributed by atoms with E-state index in [9.17, 15) is 4.79 Å². The molecule has 0 aliphatic rings. The lowest BCUT2D eigenvalue weighted by atomic mass is 10.0. The van der Waals surface area contributed by atoms with Gasteiger partial charge in [0.1, 0.15) is 10.8 Å². The molecule has 0 bridgehead atoms. The van der Waals surface area contributed by atoms with Gasteiger partial charge in [-0.15, -0.1) is 10.2 Å². The molecule has 0 amide bonds. The Labute approximate surface area is 197 Å². The topological polar surface area (TPSA) is 94.3 Å². The molecule has 33 heavy (non-hydrogen) atoms. The largest absolute Gasteiger partial charge is 0.330 e. The lowest BCUT2D eigenvalue weighted by Crippen LogP contribution is -2.35. The number of benzene rings is 1. The first-order valence-electron chi connectivity index (χ1n) is 11.1. The van der Waals surface area contributed by atoms with Crippen molar-refractivity contribution < 1.29 is 0 Å². The average Bonchev–Trinajstić information content (AvgIpc) is 3.40. The Morgan fingerprint density at radius 3 is 2.52 bits per heavy atom. The van der Waals surface area contributed by atoms with Gasteiger partial charge in [0.05, 0.1) is 12.2 Å². The highest BCUT2D eigenvalue weighted by atomic mass is 35.5. The Morgan fingerprint density at radius 1 is 1.12 bits per heavy atom. The number of imidazole rings is 1. The summed E-state index contributed by atoms with van der Waals surface area (Å²) in [5.74, 6) is 0.444. The Morgan fingerprint density at radius 2 is 1.88 bits per heavy atom. The van der Waals surface area contributed by atoms with E-state index >= 15 is 0 Å². The highest BCUT2D eigenvalue weighted by Gasteiger charge is 2.26. The van der Waals surface area contributed by atoms with Crippen LogP contribution < -0.4 is 5.69 Å². The summed E-state index contributed by atoms with van der Waals surface area (Å²) in [6.45, 7) is 8.59. The van der Waals surface area contributed by atoms with E-state index in [4.69, 9.17) is 11.6 Å². The molecule has 0 unspecified atom stereocenters. The number of aromatic amines is 1. The van der Waals surface area contributed by atoms with E-state index in [-0.39, 0.29) is 5.69 Å². The van der Waals surface area contributed by atoms with Gasteiger partial charge in [0.15, 0.2) is 0 Å². The predicted molar refractivity (Wildman–Crippen MR) is 129 cm³/mol. The Hall–Kier alpha value is -3.26. The summed E-state index contributed by atoms with van der Waals surface area (Å²) in [4.78, 5) is 17.7. The minimum Gasteiger partial charge on any atom is -0.290 e. The summed E-state index contributed by atoms with van der Waals surface area (Å²) < 4.78 is 3.51. The molecule has 0 radical (unpaired) electrons. The van der Waals surface area contributed by atoms with Crippen molar-refractivity contribution in [1.82, 2.24) is 34.7 Å². The smallest absolute Gasteiger partial charge is 0.290 e. The molecular weight excluding hydrogens is 438 g/mol. The standard InChI is InChI=1S/C24H28ClN7O/c1-5-6-9-19-21(25)32(24(2,3)4)23(33)31(19)15-16-10-12-17(13-11-16)18-8-7-14-26-20(18)22-27-29-30-28-22/h7-8,10-14H,5-6,9,15H2,1-4H3,(H,27,28,29,30). The molecule has 0 aliphatic heterocycles. The summed E-state index contributed by atoms with van der Waals surface area (Å²) in [5, 5.41) is 14.8. The van der Waals surface area contributed by atoms with Crippen LogP contribution in [-0.2, 0) is 18.5 Å². The molecular formula is C24H28ClN7O. The number of nitrogens with one attached hydrogen (secondary N) is 1. The van der Waals surface area contributed by atoms with E-state index in [1.807, 2.05) is 61.7 Å².